The number of hydrogen-bond donors (Lipinski definition) is 0. The summed E-state index contributed by atoms with van der Waals surface area (Å²) in [5.74, 6) is -1.99. The van der Waals surface area contributed by atoms with Crippen LogP contribution in [0.1, 0.15) is 112 Å². The van der Waals surface area contributed by atoms with Crippen molar-refractivity contribution in [1.29, 1.82) is 0 Å². The first-order valence-corrected chi connectivity index (χ1v) is 22.9. The summed E-state index contributed by atoms with van der Waals surface area (Å²) in [4.78, 5) is 83.0. The normalized spacial score (nSPS) is 34.0. The van der Waals surface area contributed by atoms with Crippen LogP contribution in [-0.2, 0) is 53.9 Å². The summed E-state index contributed by atoms with van der Waals surface area (Å²) in [7, 11) is -0.812. The molecular weight excluding hydrogens is 825 g/mol. The van der Waals surface area contributed by atoms with Crippen molar-refractivity contribution < 1.29 is 57.2 Å². The molecule has 6 unspecified atom stereocenters. The molecular formula is C50H55O12S+. The highest BCUT2D eigenvalue weighted by atomic mass is 32.2. The molecule has 6 fully saturated rings. The number of hydrogen-bond acceptors (Lipinski definition) is 12. The van der Waals surface area contributed by atoms with Crippen LogP contribution in [0.2, 0.25) is 0 Å². The van der Waals surface area contributed by atoms with E-state index < -0.39 is 78.1 Å². The topological polar surface area (TPSA) is 158 Å². The Morgan fingerprint density at radius 2 is 0.762 bits per heavy atom. The minimum absolute atomic E-state index is 0.293. The van der Waals surface area contributed by atoms with Crippen molar-refractivity contribution in [2.45, 2.75) is 146 Å². The third-order valence-electron chi connectivity index (χ3n) is 17.6. The summed E-state index contributed by atoms with van der Waals surface area (Å²) in [5.41, 5.74) is -7.41. The fourth-order valence-corrected chi connectivity index (χ4v) is 13.8. The predicted molar refractivity (Wildman–Crippen MR) is 228 cm³/mol. The summed E-state index contributed by atoms with van der Waals surface area (Å²) >= 11 is 0. The molecule has 3 heterocycles. The summed E-state index contributed by atoms with van der Waals surface area (Å²) in [6, 6.07) is 18.3. The van der Waals surface area contributed by atoms with E-state index in [4.69, 9.17) is 28.4 Å². The highest BCUT2D eigenvalue weighted by Gasteiger charge is 2.79. The van der Waals surface area contributed by atoms with Crippen LogP contribution < -0.4 is 14.2 Å². The van der Waals surface area contributed by atoms with Crippen molar-refractivity contribution in [3.63, 3.8) is 0 Å². The van der Waals surface area contributed by atoms with Gasteiger partial charge in [0.25, 0.3) is 0 Å². The van der Waals surface area contributed by atoms with E-state index in [-0.39, 0.29) is 17.9 Å². The second-order valence-electron chi connectivity index (χ2n) is 20.8. The average Bonchev–Trinajstić information content (AvgIpc) is 3.81. The molecule has 12 nitrogen and oxygen atoms in total. The Hall–Kier alpha value is -5.17. The fraction of sp³-hybridized carbons (Fsp3) is 0.520. The minimum Gasteiger partial charge on any atom is -0.446 e. The van der Waals surface area contributed by atoms with Gasteiger partial charge in [0.05, 0.1) is 27.1 Å². The Bertz CT molecular complexity index is 2420. The molecule has 0 N–H and O–H groups in total. The van der Waals surface area contributed by atoms with Gasteiger partial charge < -0.3 is 28.4 Å². The van der Waals surface area contributed by atoms with E-state index in [9.17, 15) is 28.8 Å². The van der Waals surface area contributed by atoms with E-state index in [0.29, 0.717) is 66.9 Å². The van der Waals surface area contributed by atoms with Crippen molar-refractivity contribution in [3.8, 4) is 17.2 Å². The maximum atomic E-state index is 14.0. The Kier molecular flexibility index (Phi) is 9.03. The van der Waals surface area contributed by atoms with Crippen LogP contribution >= 0.6 is 0 Å². The second-order valence-corrected chi connectivity index (χ2v) is 22.9. The molecule has 3 aromatic rings. The van der Waals surface area contributed by atoms with Crippen molar-refractivity contribution >= 4 is 46.7 Å². The average molecular weight is 880 g/mol. The monoisotopic (exact) mass is 879 g/mol. The molecule has 6 bridgehead atoms. The molecule has 9 rings (SSSR count). The van der Waals surface area contributed by atoms with Crippen LogP contribution in [0.5, 0.6) is 17.2 Å². The Balaban J connectivity index is 1.02. The molecule has 13 heteroatoms. The van der Waals surface area contributed by atoms with E-state index in [2.05, 4.69) is 0 Å². The Morgan fingerprint density at radius 3 is 1.03 bits per heavy atom. The summed E-state index contributed by atoms with van der Waals surface area (Å²) in [6.45, 7) is 20.6. The molecule has 3 aromatic carbocycles. The first-order chi connectivity index (χ1) is 29.3. The van der Waals surface area contributed by atoms with Crippen LogP contribution in [-0.4, -0.2) is 52.6 Å². The predicted octanol–water partition coefficient (Wildman–Crippen LogP) is 8.48. The minimum atomic E-state index is -1.39. The molecule has 6 atom stereocenters. The van der Waals surface area contributed by atoms with Gasteiger partial charge in [-0.05, 0) is 133 Å². The summed E-state index contributed by atoms with van der Waals surface area (Å²) in [5, 5.41) is 0. The van der Waals surface area contributed by atoms with Gasteiger partial charge in [0.1, 0.15) is 17.2 Å². The zero-order valence-electron chi connectivity index (χ0n) is 37.8. The molecule has 3 saturated carbocycles. The molecule has 0 radical (unpaired) electrons. The third-order valence-corrected chi connectivity index (χ3v) is 19.8. The van der Waals surface area contributed by atoms with Crippen molar-refractivity contribution in [1.82, 2.24) is 0 Å². The summed E-state index contributed by atoms with van der Waals surface area (Å²) in [6.07, 6.45) is 2.73. The lowest BCUT2D eigenvalue weighted by Gasteiger charge is -2.34. The fourth-order valence-electron chi connectivity index (χ4n) is 11.5. The van der Waals surface area contributed by atoms with Crippen molar-refractivity contribution in [2.24, 2.45) is 32.5 Å². The number of ether oxygens (including phenoxy) is 6. The molecule has 3 aliphatic heterocycles. The smallest absolute Gasteiger partial charge is 0.356 e. The van der Waals surface area contributed by atoms with Crippen LogP contribution in [0.4, 0.5) is 0 Å². The lowest BCUT2D eigenvalue weighted by Crippen LogP contribution is -2.50. The highest BCUT2D eigenvalue weighted by molar-refractivity contribution is 7.97. The van der Waals surface area contributed by atoms with E-state index in [1.807, 2.05) is 113 Å². The molecule has 6 aliphatic rings. The van der Waals surface area contributed by atoms with Gasteiger partial charge in [0.2, 0.25) is 16.8 Å². The Labute approximate surface area is 370 Å². The van der Waals surface area contributed by atoms with E-state index in [0.717, 1.165) is 14.7 Å². The molecule has 3 saturated heterocycles. The number of rotatable bonds is 9. The van der Waals surface area contributed by atoms with Gasteiger partial charge >= 0.3 is 35.8 Å². The van der Waals surface area contributed by atoms with Crippen LogP contribution in [0.25, 0.3) is 0 Å². The van der Waals surface area contributed by atoms with Gasteiger partial charge in [-0.15, -0.1) is 0 Å². The maximum absolute atomic E-state index is 14.0. The molecule has 0 aromatic heterocycles. The number of benzene rings is 3. The van der Waals surface area contributed by atoms with Gasteiger partial charge in [0.15, 0.2) is 14.7 Å². The van der Waals surface area contributed by atoms with Gasteiger partial charge in [-0.1, -0.05) is 41.5 Å². The second kappa shape index (κ2) is 13.2. The van der Waals surface area contributed by atoms with Crippen molar-refractivity contribution in [2.75, 3.05) is 0 Å². The highest BCUT2D eigenvalue weighted by Crippen LogP contribution is 2.68. The first-order valence-electron chi connectivity index (χ1n) is 21.7. The van der Waals surface area contributed by atoms with Gasteiger partial charge in [-0.3, -0.25) is 14.4 Å². The summed E-state index contributed by atoms with van der Waals surface area (Å²) < 4.78 is 35.4. The lowest BCUT2D eigenvalue weighted by atomic mass is 9.66. The van der Waals surface area contributed by atoms with Gasteiger partial charge in [0, 0.05) is 28.4 Å². The zero-order chi connectivity index (χ0) is 45.7. The van der Waals surface area contributed by atoms with Gasteiger partial charge in [-0.25, -0.2) is 14.4 Å². The van der Waals surface area contributed by atoms with Crippen LogP contribution in [0.3, 0.4) is 0 Å². The largest absolute Gasteiger partial charge is 0.446 e. The van der Waals surface area contributed by atoms with Crippen molar-refractivity contribution in [3.05, 3.63) is 71.8 Å². The maximum Gasteiger partial charge on any atom is 0.356 e. The molecule has 0 amide bonds. The molecule has 0 spiro atoms. The quantitative estimate of drug-likeness (QED) is 0.0875. The standard InChI is InChI=1S/C50H55O12S/c1-28-26-34(27-29(2)35(28)59-41(56)50-25-22-47(11,38(53)62-50)44(50,7)8)63(32-16-12-30(13-17-32)57-39(54)48-23-20-45(9,36(51)60-48)42(48,3)4)33-18-14-31(15-19-33)58-40(55)49-24-21-46(10,37(52)61-49)43(49,5)6/h12-19,26-27H,20-25H2,1-11H3/q+1. The molecule has 63 heavy (non-hydrogen) atoms. The molecule has 3 aliphatic carbocycles. The third kappa shape index (κ3) is 5.22. The van der Waals surface area contributed by atoms with E-state index in [1.54, 1.807) is 24.3 Å². The van der Waals surface area contributed by atoms with Crippen LogP contribution in [0.15, 0.2) is 75.4 Å². The molecule has 332 valence electrons. The van der Waals surface area contributed by atoms with E-state index >= 15 is 0 Å². The number of carbonyl (C=O) groups excluding carboxylic acids is 6. The SMILES string of the molecule is Cc1cc([S+](c2ccc(OC(=O)C34CCC(C)(C(=O)O3)C4(C)C)cc2)c2ccc(OC(=O)C34CCC(C)(C(=O)O3)C4(C)C)cc2)cc(C)c1OC(=O)C12CCC(C)(C(=O)O1)C2(C)C. The first kappa shape index (κ1) is 43.1. The number of carbonyl (C=O) groups is 6. The number of aryl methyl sites for hydroxylation is 2. The zero-order valence-corrected chi connectivity index (χ0v) is 38.6. The van der Waals surface area contributed by atoms with E-state index in [1.165, 1.54) is 0 Å². The number of fused-ring (bicyclic) bond motifs is 6. The Morgan fingerprint density at radius 1 is 0.460 bits per heavy atom. The number of esters is 6. The lowest BCUT2D eigenvalue weighted by molar-refractivity contribution is -0.176. The van der Waals surface area contributed by atoms with Crippen LogP contribution in [0, 0.1) is 46.3 Å². The van der Waals surface area contributed by atoms with Gasteiger partial charge in [-0.2, -0.15) is 0 Å².